The number of esters is 1. The fourth-order valence-electron chi connectivity index (χ4n) is 4.99. The molecule has 6 nitrogen and oxygen atoms in total. The number of unbranched alkanes of at least 4 members (excludes halogenated alkanes) is 1. The van der Waals surface area contributed by atoms with Gasteiger partial charge in [0.25, 0.3) is 0 Å². The highest BCUT2D eigenvalue weighted by atomic mass is 79.9. The minimum absolute atomic E-state index is 0.215. The van der Waals surface area contributed by atoms with Gasteiger partial charge in [-0.15, -0.1) is 0 Å². The normalized spacial score (nSPS) is 10.6. The second kappa shape index (κ2) is 15.6. The quantitative estimate of drug-likeness (QED) is 0.0633. The molecule has 5 aromatic rings. The molecule has 7 heteroatoms. The first-order valence-corrected chi connectivity index (χ1v) is 15.3. The summed E-state index contributed by atoms with van der Waals surface area (Å²) in [6.45, 7) is 0.971. The molecule has 0 heterocycles. The molecule has 0 spiro atoms. The van der Waals surface area contributed by atoms with Gasteiger partial charge < -0.3 is 19.5 Å². The number of carbonyl (C=O) groups excluding carboxylic acids is 2. The fraction of sp³-hybridized carbons (Fsp3) is 0.189. The molecule has 0 aliphatic heterocycles. The van der Waals surface area contributed by atoms with Crippen LogP contribution in [0.25, 0.3) is 32.7 Å². The number of hydrogen-bond donors (Lipinski definition) is 1. The molecule has 0 atom stereocenters. The molecule has 0 saturated carbocycles. The summed E-state index contributed by atoms with van der Waals surface area (Å²) in [5.41, 5.74) is 2.58. The molecule has 0 saturated heterocycles. The predicted molar refractivity (Wildman–Crippen MR) is 178 cm³/mol. The van der Waals surface area contributed by atoms with E-state index in [1.165, 1.54) is 0 Å². The van der Waals surface area contributed by atoms with Crippen molar-refractivity contribution in [1.29, 1.82) is 0 Å². The van der Waals surface area contributed by atoms with E-state index in [4.69, 9.17) is 14.2 Å². The Morgan fingerprint density at radius 1 is 0.727 bits per heavy atom. The average molecular weight is 651 g/mol. The van der Waals surface area contributed by atoms with Crippen LogP contribution in [-0.2, 0) is 16.1 Å². The van der Waals surface area contributed by atoms with Crippen molar-refractivity contribution in [2.24, 2.45) is 0 Å². The van der Waals surface area contributed by atoms with Crippen LogP contribution in [0.5, 0.6) is 11.5 Å². The van der Waals surface area contributed by atoms with Crippen molar-refractivity contribution in [3.05, 3.63) is 109 Å². The molecule has 222 valence electrons. The highest BCUT2D eigenvalue weighted by molar-refractivity contribution is 9.12. The zero-order valence-electron chi connectivity index (χ0n) is 24.2. The average Bonchev–Trinajstić information content (AvgIpc) is 3.06. The molecule has 5 aromatic carbocycles. The van der Waals surface area contributed by atoms with Crippen LogP contribution in [0.1, 0.15) is 31.2 Å². The lowest BCUT2D eigenvalue weighted by atomic mass is 9.92. The van der Waals surface area contributed by atoms with E-state index in [1.54, 1.807) is 0 Å². The first kappa shape index (κ1) is 30.7. The van der Waals surface area contributed by atoms with Gasteiger partial charge in [-0.2, -0.15) is 0 Å². The second-order valence-corrected chi connectivity index (χ2v) is 10.5. The first-order valence-electron chi connectivity index (χ1n) is 14.5. The SMILES string of the molecule is O=C(CCCC#CBr)Oc1ccc2ccccc2c1-c1c(OCCCNC(=O)OCc2ccccc2)ccc2ccccc12. The second-order valence-electron chi connectivity index (χ2n) is 10.1. The number of halogens is 1. The Balaban J connectivity index is 1.37. The molecule has 1 amide bonds. The molecule has 0 fully saturated rings. The van der Waals surface area contributed by atoms with Crippen molar-refractivity contribution in [2.75, 3.05) is 13.2 Å². The topological polar surface area (TPSA) is 73.9 Å². The molecular formula is C37H32BrNO5. The Morgan fingerprint density at radius 2 is 1.36 bits per heavy atom. The smallest absolute Gasteiger partial charge is 0.407 e. The number of rotatable bonds is 12. The number of fused-ring (bicyclic) bond motifs is 2. The summed E-state index contributed by atoms with van der Waals surface area (Å²) in [5.74, 6) is 3.74. The standard InChI is InChI=1S/C37H32BrNO5/c38-23-10-2-5-18-34(40)44-33-22-20-29-15-7-9-17-31(29)36(33)35-30-16-8-6-14-28(30)19-21-32(35)42-25-11-24-39-37(41)43-26-27-12-3-1-4-13-27/h1,3-4,6-9,12-17,19-22H,2,5,11,18,24-26H2,(H,39,41). The van der Waals surface area contributed by atoms with Crippen molar-refractivity contribution in [3.63, 3.8) is 0 Å². The van der Waals surface area contributed by atoms with E-state index in [9.17, 15) is 9.59 Å². The lowest BCUT2D eigenvalue weighted by Crippen LogP contribution is -2.26. The molecule has 0 radical (unpaired) electrons. The fourth-order valence-corrected chi connectivity index (χ4v) is 5.18. The first-order chi connectivity index (χ1) is 21.6. The van der Waals surface area contributed by atoms with Gasteiger partial charge in [0.2, 0.25) is 0 Å². The van der Waals surface area contributed by atoms with Crippen LogP contribution < -0.4 is 14.8 Å². The third kappa shape index (κ3) is 7.97. The summed E-state index contributed by atoms with van der Waals surface area (Å²) in [4.78, 5) is 27.7. The number of alkyl carbamates (subject to hydrolysis) is 1. The predicted octanol–water partition coefficient (Wildman–Crippen LogP) is 8.79. The van der Waals surface area contributed by atoms with E-state index >= 15 is 0 Å². The molecule has 0 aliphatic rings. The number of benzene rings is 5. The van der Waals surface area contributed by atoms with Gasteiger partial charge in [0.1, 0.15) is 18.1 Å². The van der Waals surface area contributed by atoms with Crippen LogP contribution in [0.2, 0.25) is 0 Å². The van der Waals surface area contributed by atoms with E-state index in [-0.39, 0.29) is 19.0 Å². The van der Waals surface area contributed by atoms with Gasteiger partial charge in [0, 0.05) is 46.4 Å². The van der Waals surface area contributed by atoms with E-state index in [1.807, 2.05) is 97.1 Å². The molecule has 0 aliphatic carbocycles. The number of carbonyl (C=O) groups is 2. The molecule has 1 N–H and O–H groups in total. The number of ether oxygens (including phenoxy) is 3. The maximum Gasteiger partial charge on any atom is 0.407 e. The minimum Gasteiger partial charge on any atom is -0.493 e. The largest absolute Gasteiger partial charge is 0.493 e. The molecule has 44 heavy (non-hydrogen) atoms. The van der Waals surface area contributed by atoms with E-state index in [0.717, 1.165) is 38.2 Å². The minimum atomic E-state index is -0.471. The Bertz CT molecular complexity index is 1810. The molecule has 0 bridgehead atoms. The maximum atomic E-state index is 12.9. The third-order valence-electron chi connectivity index (χ3n) is 7.07. The van der Waals surface area contributed by atoms with Gasteiger partial charge in [0.05, 0.1) is 6.61 Å². The summed E-state index contributed by atoms with van der Waals surface area (Å²) >= 11 is 3.09. The van der Waals surface area contributed by atoms with Crippen molar-refractivity contribution in [1.82, 2.24) is 5.32 Å². The maximum absolute atomic E-state index is 12.9. The van der Waals surface area contributed by atoms with E-state index < -0.39 is 6.09 Å². The highest BCUT2D eigenvalue weighted by Crippen LogP contribution is 2.45. The van der Waals surface area contributed by atoms with Gasteiger partial charge in [-0.25, -0.2) is 4.79 Å². The molecule has 0 unspecified atom stereocenters. The summed E-state index contributed by atoms with van der Waals surface area (Å²) in [6, 6.07) is 33.5. The van der Waals surface area contributed by atoms with Crippen molar-refractivity contribution >= 4 is 49.5 Å². The summed E-state index contributed by atoms with van der Waals surface area (Å²) in [5, 5.41) is 6.77. The molecule has 5 rings (SSSR count). The molecular weight excluding hydrogens is 618 g/mol. The van der Waals surface area contributed by atoms with Crippen LogP contribution in [0.15, 0.2) is 103 Å². The van der Waals surface area contributed by atoms with Crippen LogP contribution in [-0.4, -0.2) is 25.2 Å². The number of amides is 1. The van der Waals surface area contributed by atoms with E-state index in [2.05, 4.69) is 38.1 Å². The van der Waals surface area contributed by atoms with Crippen molar-refractivity contribution in [3.8, 4) is 33.4 Å². The number of nitrogens with one attached hydrogen (secondary N) is 1. The van der Waals surface area contributed by atoms with Crippen LogP contribution in [0.3, 0.4) is 0 Å². The third-order valence-corrected chi connectivity index (χ3v) is 7.35. The van der Waals surface area contributed by atoms with Crippen molar-refractivity contribution < 1.29 is 23.8 Å². The summed E-state index contributed by atoms with van der Waals surface area (Å²) in [7, 11) is 0. The zero-order valence-corrected chi connectivity index (χ0v) is 25.8. The summed E-state index contributed by atoms with van der Waals surface area (Å²) in [6.07, 6.45) is 1.57. The van der Waals surface area contributed by atoms with Gasteiger partial charge in [-0.05, 0) is 56.9 Å². The van der Waals surface area contributed by atoms with Crippen LogP contribution >= 0.6 is 15.9 Å². The molecule has 0 aromatic heterocycles. The van der Waals surface area contributed by atoms with Crippen LogP contribution in [0, 0.1) is 10.8 Å². The Kier molecular flexibility index (Phi) is 10.9. The lowest BCUT2D eigenvalue weighted by molar-refractivity contribution is -0.134. The highest BCUT2D eigenvalue weighted by Gasteiger charge is 2.20. The summed E-state index contributed by atoms with van der Waals surface area (Å²) < 4.78 is 17.7. The monoisotopic (exact) mass is 649 g/mol. The van der Waals surface area contributed by atoms with Crippen molar-refractivity contribution in [2.45, 2.75) is 32.3 Å². The van der Waals surface area contributed by atoms with Gasteiger partial charge in [-0.3, -0.25) is 4.79 Å². The Morgan fingerprint density at radius 3 is 2.07 bits per heavy atom. The van der Waals surface area contributed by atoms with Crippen LogP contribution in [0.4, 0.5) is 4.79 Å². The number of hydrogen-bond acceptors (Lipinski definition) is 5. The van der Waals surface area contributed by atoms with Gasteiger partial charge >= 0.3 is 12.1 Å². The Hall–Kier alpha value is -4.80. The Labute approximate surface area is 265 Å². The lowest BCUT2D eigenvalue weighted by Gasteiger charge is -2.19. The van der Waals surface area contributed by atoms with Gasteiger partial charge in [-0.1, -0.05) is 96.9 Å². The van der Waals surface area contributed by atoms with Gasteiger partial charge in [0.15, 0.2) is 0 Å². The zero-order chi connectivity index (χ0) is 30.6. The van der Waals surface area contributed by atoms with E-state index in [0.29, 0.717) is 43.9 Å².